The van der Waals surface area contributed by atoms with Gasteiger partial charge in [0.25, 0.3) is 0 Å². The molecule has 0 saturated heterocycles. The van der Waals surface area contributed by atoms with E-state index in [1.54, 1.807) is 34.6 Å². The van der Waals surface area contributed by atoms with E-state index in [1.807, 2.05) is 30.3 Å². The van der Waals surface area contributed by atoms with Gasteiger partial charge in [-0.2, -0.15) is 0 Å². The lowest BCUT2D eigenvalue weighted by atomic mass is 10.0. The smallest absolute Gasteiger partial charge is 0.408 e. The molecular weight excluding hydrogens is 456 g/mol. The van der Waals surface area contributed by atoms with Crippen LogP contribution in [0.15, 0.2) is 30.3 Å². The van der Waals surface area contributed by atoms with Gasteiger partial charge in [0.05, 0.1) is 0 Å². The molecule has 0 bridgehead atoms. The maximum absolute atomic E-state index is 13.0. The summed E-state index contributed by atoms with van der Waals surface area (Å²) in [6.07, 6.45) is 0.236. The van der Waals surface area contributed by atoms with Gasteiger partial charge in [-0.1, -0.05) is 30.3 Å². The first-order chi connectivity index (χ1) is 16.3. The van der Waals surface area contributed by atoms with E-state index in [4.69, 9.17) is 9.84 Å². The fourth-order valence-electron chi connectivity index (χ4n) is 3.27. The normalized spacial score (nSPS) is 13.5. The highest BCUT2D eigenvalue weighted by atomic mass is 16.6. The molecule has 4 amide bonds. The number of carboxylic acid groups (broad SMARTS) is 1. The van der Waals surface area contributed by atoms with Gasteiger partial charge in [0, 0.05) is 18.5 Å². The van der Waals surface area contributed by atoms with Crippen molar-refractivity contribution in [3.05, 3.63) is 35.9 Å². The average molecular weight is 493 g/mol. The molecule has 0 aliphatic heterocycles. The Labute approximate surface area is 205 Å². The summed E-state index contributed by atoms with van der Waals surface area (Å²) in [5, 5.41) is 16.7. The van der Waals surface area contributed by atoms with Crippen LogP contribution >= 0.6 is 0 Å². The van der Waals surface area contributed by atoms with Crippen molar-refractivity contribution >= 4 is 30.3 Å². The summed E-state index contributed by atoms with van der Waals surface area (Å²) < 4.78 is 5.10. The summed E-state index contributed by atoms with van der Waals surface area (Å²) in [5.74, 6) is -2.15. The minimum absolute atomic E-state index is 0.215. The highest BCUT2D eigenvalue weighted by Gasteiger charge is 2.25. The summed E-state index contributed by atoms with van der Waals surface area (Å²) >= 11 is 0. The lowest BCUT2D eigenvalue weighted by Crippen LogP contribution is -2.53. The van der Waals surface area contributed by atoms with Crippen molar-refractivity contribution < 1.29 is 33.8 Å². The molecule has 0 saturated carbocycles. The number of carbonyl (C=O) groups excluding carboxylic acids is 4. The first-order valence-corrected chi connectivity index (χ1v) is 11.3. The van der Waals surface area contributed by atoms with E-state index >= 15 is 0 Å². The second kappa shape index (κ2) is 13.9. The lowest BCUT2D eigenvalue weighted by molar-refractivity contribution is -0.142. The second-order valence-corrected chi connectivity index (χ2v) is 9.33. The summed E-state index contributed by atoms with van der Waals surface area (Å²) in [4.78, 5) is 60.5. The maximum Gasteiger partial charge on any atom is 0.408 e. The molecule has 4 N–H and O–H groups in total. The summed E-state index contributed by atoms with van der Waals surface area (Å²) in [7, 11) is 0. The number of hydrogen-bond acceptors (Lipinski definition) is 6. The third-order valence-corrected chi connectivity index (χ3v) is 4.83. The van der Waals surface area contributed by atoms with Crippen LogP contribution in [0, 0.1) is 0 Å². The van der Waals surface area contributed by atoms with Crippen LogP contribution in [0.2, 0.25) is 0 Å². The molecule has 1 rings (SSSR count). The molecule has 1 aromatic rings. The van der Waals surface area contributed by atoms with E-state index in [2.05, 4.69) is 16.0 Å². The standard InChI is InChI=1S/C24H36N4O7/c1-16(11-17(2)28(15-29)14-21(31)32)26-22(33)19(12-18-9-7-6-8-10-18)27-20(30)13-25-23(34)35-24(3,4)5/h6-10,15-17,19H,11-14H2,1-5H3,(H,25,34)(H,26,33)(H,27,30)(H,31,32). The fourth-order valence-corrected chi connectivity index (χ4v) is 3.27. The predicted octanol–water partition coefficient (Wildman–Crippen LogP) is 1.06. The van der Waals surface area contributed by atoms with Crippen LogP contribution in [-0.2, 0) is 30.3 Å². The first-order valence-electron chi connectivity index (χ1n) is 11.3. The van der Waals surface area contributed by atoms with Gasteiger partial charge in [-0.25, -0.2) is 4.79 Å². The van der Waals surface area contributed by atoms with Crippen molar-refractivity contribution in [3.8, 4) is 0 Å². The number of aliphatic carboxylic acids is 1. The zero-order valence-corrected chi connectivity index (χ0v) is 20.9. The van der Waals surface area contributed by atoms with Crippen molar-refractivity contribution in [1.29, 1.82) is 0 Å². The Balaban J connectivity index is 2.79. The Morgan fingerprint density at radius 3 is 2.26 bits per heavy atom. The van der Waals surface area contributed by atoms with Gasteiger partial charge in [0.2, 0.25) is 18.2 Å². The fraction of sp³-hybridized carbons (Fsp3) is 0.542. The van der Waals surface area contributed by atoms with Gasteiger partial charge < -0.3 is 30.7 Å². The van der Waals surface area contributed by atoms with E-state index in [1.165, 1.54) is 0 Å². The predicted molar refractivity (Wildman–Crippen MR) is 128 cm³/mol. The first kappa shape index (κ1) is 29.4. The van der Waals surface area contributed by atoms with Crippen LogP contribution in [0.5, 0.6) is 0 Å². The Bertz CT molecular complexity index is 870. The van der Waals surface area contributed by atoms with Gasteiger partial charge in [-0.15, -0.1) is 0 Å². The number of rotatable bonds is 13. The van der Waals surface area contributed by atoms with E-state index in [-0.39, 0.29) is 13.0 Å². The molecular formula is C24H36N4O7. The minimum Gasteiger partial charge on any atom is -0.480 e. The van der Waals surface area contributed by atoms with Crippen LogP contribution in [0.3, 0.4) is 0 Å². The van der Waals surface area contributed by atoms with Crippen LogP contribution in [-0.4, -0.2) is 77.1 Å². The number of hydrogen-bond donors (Lipinski definition) is 4. The van der Waals surface area contributed by atoms with Gasteiger partial charge in [0.15, 0.2) is 0 Å². The summed E-state index contributed by atoms with van der Waals surface area (Å²) in [6.45, 7) is 7.70. The number of carboxylic acids is 1. The SMILES string of the molecule is CC(CC(C)N(C=O)CC(=O)O)NC(=O)C(Cc1ccccc1)NC(=O)CNC(=O)OC(C)(C)C. The van der Waals surface area contributed by atoms with Gasteiger partial charge in [0.1, 0.15) is 24.7 Å². The van der Waals surface area contributed by atoms with Crippen molar-refractivity contribution in [2.75, 3.05) is 13.1 Å². The molecule has 0 fully saturated rings. The summed E-state index contributed by atoms with van der Waals surface area (Å²) in [5.41, 5.74) is 0.107. The highest BCUT2D eigenvalue weighted by Crippen LogP contribution is 2.08. The average Bonchev–Trinajstić information content (AvgIpc) is 2.74. The molecule has 11 nitrogen and oxygen atoms in total. The molecule has 3 atom stereocenters. The molecule has 1 aromatic carbocycles. The zero-order valence-electron chi connectivity index (χ0n) is 20.9. The molecule has 11 heteroatoms. The molecule has 0 spiro atoms. The molecule has 35 heavy (non-hydrogen) atoms. The number of ether oxygens (including phenoxy) is 1. The van der Waals surface area contributed by atoms with E-state index in [0.29, 0.717) is 12.8 Å². The van der Waals surface area contributed by atoms with E-state index in [9.17, 15) is 24.0 Å². The maximum atomic E-state index is 13.0. The quantitative estimate of drug-likeness (QED) is 0.300. The monoisotopic (exact) mass is 492 g/mol. The van der Waals surface area contributed by atoms with E-state index < -0.39 is 54.1 Å². The molecule has 194 valence electrons. The number of nitrogens with zero attached hydrogens (tertiary/aromatic N) is 1. The molecule has 0 aromatic heterocycles. The Morgan fingerprint density at radius 2 is 1.71 bits per heavy atom. The van der Waals surface area contributed by atoms with Gasteiger partial charge in [-0.3, -0.25) is 19.2 Å². The Kier molecular flexibility index (Phi) is 11.7. The zero-order chi connectivity index (χ0) is 26.6. The Morgan fingerprint density at radius 1 is 1.09 bits per heavy atom. The second-order valence-electron chi connectivity index (χ2n) is 9.33. The summed E-state index contributed by atoms with van der Waals surface area (Å²) in [6, 6.07) is 7.34. The molecule has 3 unspecified atom stereocenters. The highest BCUT2D eigenvalue weighted by molar-refractivity contribution is 5.89. The van der Waals surface area contributed by atoms with Crippen molar-refractivity contribution in [1.82, 2.24) is 20.9 Å². The Hall–Kier alpha value is -3.63. The van der Waals surface area contributed by atoms with Gasteiger partial charge in [-0.05, 0) is 46.6 Å². The number of benzene rings is 1. The molecule has 0 aliphatic rings. The largest absolute Gasteiger partial charge is 0.480 e. The van der Waals surface area contributed by atoms with Crippen LogP contribution < -0.4 is 16.0 Å². The van der Waals surface area contributed by atoms with E-state index in [0.717, 1.165) is 10.5 Å². The number of nitrogens with one attached hydrogen (secondary N) is 3. The molecule has 0 aliphatic carbocycles. The minimum atomic E-state index is -1.13. The lowest BCUT2D eigenvalue weighted by Gasteiger charge is -2.27. The van der Waals surface area contributed by atoms with Crippen molar-refractivity contribution in [2.45, 2.75) is 71.2 Å². The topological polar surface area (TPSA) is 154 Å². The number of alkyl carbamates (subject to hydrolysis) is 1. The van der Waals surface area contributed by atoms with Crippen LogP contribution in [0.4, 0.5) is 4.79 Å². The van der Waals surface area contributed by atoms with Crippen molar-refractivity contribution in [2.24, 2.45) is 0 Å². The third-order valence-electron chi connectivity index (χ3n) is 4.83. The molecule has 0 radical (unpaired) electrons. The van der Waals surface area contributed by atoms with Crippen molar-refractivity contribution in [3.63, 3.8) is 0 Å². The number of amides is 4. The van der Waals surface area contributed by atoms with Crippen LogP contribution in [0.25, 0.3) is 0 Å². The third kappa shape index (κ3) is 12.4. The van der Waals surface area contributed by atoms with Gasteiger partial charge >= 0.3 is 12.1 Å². The molecule has 0 heterocycles. The number of carbonyl (C=O) groups is 5. The van der Waals surface area contributed by atoms with Crippen LogP contribution in [0.1, 0.15) is 46.6 Å².